The first-order valence-corrected chi connectivity index (χ1v) is 8.31. The van der Waals surface area contributed by atoms with E-state index in [9.17, 15) is 4.79 Å². The first kappa shape index (κ1) is 15.9. The fraction of sp³-hybridized carbons (Fsp3) is 0.0625. The Hall–Kier alpha value is -1.95. The fourth-order valence-electron chi connectivity index (χ4n) is 1.98. The van der Waals surface area contributed by atoms with Crippen LogP contribution in [0.1, 0.15) is 5.56 Å². The maximum atomic E-state index is 12.1. The minimum absolute atomic E-state index is 0.161. The summed E-state index contributed by atoms with van der Waals surface area (Å²) in [6, 6.07) is 14.5. The monoisotopic (exact) mass is 363 g/mol. The molecule has 0 aliphatic rings. The van der Waals surface area contributed by atoms with Crippen molar-refractivity contribution in [3.63, 3.8) is 0 Å². The van der Waals surface area contributed by atoms with Crippen molar-refractivity contribution in [1.82, 2.24) is 10.2 Å². The molecule has 0 fully saturated rings. The SMILES string of the molecule is O=C(Cc1cccc(Cl)c1)Nc1nnc(-c2ccc(Cl)cc2)s1. The highest BCUT2D eigenvalue weighted by molar-refractivity contribution is 7.18. The Morgan fingerprint density at radius 3 is 2.57 bits per heavy atom. The summed E-state index contributed by atoms with van der Waals surface area (Å²) in [5.41, 5.74) is 1.75. The molecule has 0 saturated carbocycles. The van der Waals surface area contributed by atoms with Gasteiger partial charge in [0.25, 0.3) is 0 Å². The average Bonchev–Trinajstić information content (AvgIpc) is 2.96. The fourth-order valence-corrected chi connectivity index (χ4v) is 3.08. The molecule has 1 aromatic heterocycles. The molecule has 4 nitrogen and oxygen atoms in total. The molecule has 1 amide bonds. The van der Waals surface area contributed by atoms with Crippen LogP contribution in [0.4, 0.5) is 5.13 Å². The topological polar surface area (TPSA) is 54.9 Å². The minimum Gasteiger partial charge on any atom is -0.300 e. The zero-order chi connectivity index (χ0) is 16.2. The summed E-state index contributed by atoms with van der Waals surface area (Å²) in [5, 5.41) is 13.3. The summed E-state index contributed by atoms with van der Waals surface area (Å²) >= 11 is 13.1. The van der Waals surface area contributed by atoms with E-state index in [4.69, 9.17) is 23.2 Å². The number of anilines is 1. The van der Waals surface area contributed by atoms with Gasteiger partial charge in [-0.1, -0.05) is 58.8 Å². The molecule has 23 heavy (non-hydrogen) atoms. The third kappa shape index (κ3) is 4.28. The van der Waals surface area contributed by atoms with Crippen LogP contribution in [0.15, 0.2) is 48.5 Å². The van der Waals surface area contributed by atoms with Crippen molar-refractivity contribution in [2.45, 2.75) is 6.42 Å². The van der Waals surface area contributed by atoms with Gasteiger partial charge in [-0.05, 0) is 29.8 Å². The van der Waals surface area contributed by atoms with Crippen molar-refractivity contribution < 1.29 is 4.79 Å². The quantitative estimate of drug-likeness (QED) is 0.731. The molecule has 2 aromatic carbocycles. The van der Waals surface area contributed by atoms with Gasteiger partial charge in [-0.2, -0.15) is 0 Å². The van der Waals surface area contributed by atoms with Gasteiger partial charge < -0.3 is 5.32 Å². The molecule has 7 heteroatoms. The van der Waals surface area contributed by atoms with Crippen LogP contribution < -0.4 is 5.32 Å². The van der Waals surface area contributed by atoms with Gasteiger partial charge in [-0.15, -0.1) is 10.2 Å². The zero-order valence-electron chi connectivity index (χ0n) is 11.8. The minimum atomic E-state index is -0.161. The largest absolute Gasteiger partial charge is 0.300 e. The van der Waals surface area contributed by atoms with Gasteiger partial charge in [-0.3, -0.25) is 4.79 Å². The van der Waals surface area contributed by atoms with E-state index in [1.807, 2.05) is 24.3 Å². The summed E-state index contributed by atoms with van der Waals surface area (Å²) < 4.78 is 0. The molecule has 3 aromatic rings. The molecule has 0 aliphatic carbocycles. The van der Waals surface area contributed by atoms with Crippen LogP contribution in [0.25, 0.3) is 10.6 Å². The van der Waals surface area contributed by atoms with E-state index in [0.29, 0.717) is 15.2 Å². The van der Waals surface area contributed by atoms with Gasteiger partial charge in [0.2, 0.25) is 11.0 Å². The number of nitrogens with zero attached hydrogens (tertiary/aromatic N) is 2. The molecule has 1 N–H and O–H groups in total. The van der Waals surface area contributed by atoms with E-state index >= 15 is 0 Å². The molecule has 0 spiro atoms. The van der Waals surface area contributed by atoms with Crippen LogP contribution >= 0.6 is 34.5 Å². The molecule has 116 valence electrons. The number of halogens is 2. The van der Waals surface area contributed by atoms with Gasteiger partial charge in [0.05, 0.1) is 6.42 Å². The van der Waals surface area contributed by atoms with Gasteiger partial charge >= 0.3 is 0 Å². The third-order valence-corrected chi connectivity index (χ3v) is 4.39. The lowest BCUT2D eigenvalue weighted by Crippen LogP contribution is -2.14. The molecule has 3 rings (SSSR count). The van der Waals surface area contributed by atoms with E-state index in [-0.39, 0.29) is 12.3 Å². The van der Waals surface area contributed by atoms with E-state index in [0.717, 1.165) is 16.1 Å². The number of rotatable bonds is 4. The molecule has 0 aliphatic heterocycles. The predicted molar refractivity (Wildman–Crippen MR) is 94.1 cm³/mol. The molecular formula is C16H11Cl2N3OS. The summed E-state index contributed by atoms with van der Waals surface area (Å²) in [6.07, 6.45) is 0.233. The lowest BCUT2D eigenvalue weighted by atomic mass is 10.1. The maximum Gasteiger partial charge on any atom is 0.230 e. The summed E-state index contributed by atoms with van der Waals surface area (Å²) in [7, 11) is 0. The lowest BCUT2D eigenvalue weighted by molar-refractivity contribution is -0.115. The number of carbonyl (C=O) groups is 1. The Balaban J connectivity index is 1.66. The molecule has 0 saturated heterocycles. The van der Waals surface area contributed by atoms with E-state index < -0.39 is 0 Å². The average molecular weight is 364 g/mol. The molecule has 0 unspecified atom stereocenters. The number of aromatic nitrogens is 2. The van der Waals surface area contributed by atoms with Crippen molar-refractivity contribution in [2.24, 2.45) is 0 Å². The van der Waals surface area contributed by atoms with Crippen molar-refractivity contribution >= 4 is 45.6 Å². The summed E-state index contributed by atoms with van der Waals surface area (Å²) in [6.45, 7) is 0. The highest BCUT2D eigenvalue weighted by atomic mass is 35.5. The van der Waals surface area contributed by atoms with E-state index in [1.54, 1.807) is 24.3 Å². The number of carbonyl (C=O) groups excluding carboxylic acids is 1. The zero-order valence-corrected chi connectivity index (χ0v) is 14.1. The Morgan fingerprint density at radius 2 is 1.83 bits per heavy atom. The van der Waals surface area contributed by atoms with Crippen molar-refractivity contribution in [1.29, 1.82) is 0 Å². The number of hydrogen-bond acceptors (Lipinski definition) is 4. The second-order valence-electron chi connectivity index (χ2n) is 4.77. The molecule has 1 heterocycles. The maximum absolute atomic E-state index is 12.1. The smallest absolute Gasteiger partial charge is 0.230 e. The summed E-state index contributed by atoms with van der Waals surface area (Å²) in [5.74, 6) is -0.161. The van der Waals surface area contributed by atoms with Gasteiger partial charge in [0.15, 0.2) is 0 Å². The summed E-state index contributed by atoms with van der Waals surface area (Å²) in [4.78, 5) is 12.1. The molecule has 0 atom stereocenters. The first-order chi connectivity index (χ1) is 11.1. The van der Waals surface area contributed by atoms with Crippen LogP contribution in [0.3, 0.4) is 0 Å². The molecule has 0 radical (unpaired) electrons. The molecule has 0 bridgehead atoms. The molecular weight excluding hydrogens is 353 g/mol. The number of nitrogens with one attached hydrogen (secondary N) is 1. The lowest BCUT2D eigenvalue weighted by Gasteiger charge is -2.01. The Morgan fingerprint density at radius 1 is 1.04 bits per heavy atom. The van der Waals surface area contributed by atoms with Crippen LogP contribution in [-0.2, 0) is 11.2 Å². The standard InChI is InChI=1S/C16H11Cl2N3OS/c17-12-6-4-11(5-7-12)15-20-21-16(23-15)19-14(22)9-10-2-1-3-13(18)8-10/h1-8H,9H2,(H,19,21,22). The van der Waals surface area contributed by atoms with E-state index in [1.165, 1.54) is 11.3 Å². The number of amides is 1. The predicted octanol–water partition coefficient (Wildman–Crippen LogP) is 4.69. The van der Waals surface area contributed by atoms with Crippen molar-refractivity contribution in [3.8, 4) is 10.6 Å². The first-order valence-electron chi connectivity index (χ1n) is 6.74. The second-order valence-corrected chi connectivity index (χ2v) is 6.62. The van der Waals surface area contributed by atoms with Crippen LogP contribution in [0.2, 0.25) is 10.0 Å². The number of benzene rings is 2. The third-order valence-electron chi connectivity index (χ3n) is 3.02. The van der Waals surface area contributed by atoms with Crippen molar-refractivity contribution in [3.05, 3.63) is 64.1 Å². The Labute approximate surface area is 147 Å². The van der Waals surface area contributed by atoms with Crippen LogP contribution in [0.5, 0.6) is 0 Å². The highest BCUT2D eigenvalue weighted by Crippen LogP contribution is 2.27. The van der Waals surface area contributed by atoms with Gasteiger partial charge in [0, 0.05) is 15.6 Å². The van der Waals surface area contributed by atoms with Crippen LogP contribution in [-0.4, -0.2) is 16.1 Å². The van der Waals surface area contributed by atoms with Gasteiger partial charge in [0.1, 0.15) is 5.01 Å². The van der Waals surface area contributed by atoms with Crippen LogP contribution in [0, 0.1) is 0 Å². The Bertz CT molecular complexity index is 833. The second kappa shape index (κ2) is 7.08. The normalized spacial score (nSPS) is 10.5. The van der Waals surface area contributed by atoms with E-state index in [2.05, 4.69) is 15.5 Å². The van der Waals surface area contributed by atoms with Crippen molar-refractivity contribution in [2.75, 3.05) is 5.32 Å². The van der Waals surface area contributed by atoms with Gasteiger partial charge in [-0.25, -0.2) is 0 Å². The number of hydrogen-bond donors (Lipinski definition) is 1. The Kier molecular flexibility index (Phi) is 4.91. The highest BCUT2D eigenvalue weighted by Gasteiger charge is 2.10.